The smallest absolute Gasteiger partial charge is 0.211 e. The third-order valence-electron chi connectivity index (χ3n) is 1.58. The van der Waals surface area contributed by atoms with Gasteiger partial charge in [0.25, 0.3) is 0 Å². The van der Waals surface area contributed by atoms with Crippen LogP contribution in [0.1, 0.15) is 12.5 Å². The van der Waals surface area contributed by atoms with Crippen LogP contribution in [0.25, 0.3) is 0 Å². The molecule has 0 atom stereocenters. The quantitative estimate of drug-likeness (QED) is 0.415. The highest BCUT2D eigenvalue weighted by Gasteiger charge is 2.02. The van der Waals surface area contributed by atoms with E-state index in [9.17, 15) is 4.39 Å². The minimum atomic E-state index is -0.348. The van der Waals surface area contributed by atoms with Crippen LogP contribution in [-0.4, -0.2) is 11.7 Å². The van der Waals surface area contributed by atoms with Gasteiger partial charge in [0.2, 0.25) is 5.96 Å². The molecule has 0 aromatic heterocycles. The molecule has 0 aliphatic rings. The van der Waals surface area contributed by atoms with Crippen molar-refractivity contribution in [1.82, 2.24) is 0 Å². The van der Waals surface area contributed by atoms with E-state index in [-0.39, 0.29) is 11.8 Å². The molecule has 0 amide bonds. The summed E-state index contributed by atoms with van der Waals surface area (Å²) in [4.78, 5) is 0. The zero-order valence-corrected chi connectivity index (χ0v) is 7.74. The Labute approximate surface area is 81.1 Å². The van der Waals surface area contributed by atoms with Crippen LogP contribution in [-0.2, 0) is 0 Å². The van der Waals surface area contributed by atoms with Gasteiger partial charge in [-0.05, 0) is 13.0 Å². The van der Waals surface area contributed by atoms with E-state index in [0.29, 0.717) is 11.3 Å². The first-order chi connectivity index (χ1) is 6.61. The SMILES string of the molecule is CC(=NN=C(N)N)c1ccccc1F. The molecule has 0 bridgehead atoms. The number of guanidine groups is 1. The zero-order chi connectivity index (χ0) is 10.6. The van der Waals surface area contributed by atoms with Gasteiger partial charge in [0.1, 0.15) is 5.82 Å². The Morgan fingerprint density at radius 2 is 1.86 bits per heavy atom. The molecule has 4 N–H and O–H groups in total. The van der Waals surface area contributed by atoms with Crippen LogP contribution in [0.5, 0.6) is 0 Å². The first-order valence-corrected chi connectivity index (χ1v) is 3.99. The minimum Gasteiger partial charge on any atom is -0.369 e. The molecule has 5 heteroatoms. The minimum absolute atomic E-state index is 0.152. The fourth-order valence-electron chi connectivity index (χ4n) is 0.941. The monoisotopic (exact) mass is 194 g/mol. The summed E-state index contributed by atoms with van der Waals surface area (Å²) < 4.78 is 13.2. The highest BCUT2D eigenvalue weighted by atomic mass is 19.1. The first-order valence-electron chi connectivity index (χ1n) is 3.99. The number of halogens is 1. The maximum Gasteiger partial charge on any atom is 0.211 e. The van der Waals surface area contributed by atoms with E-state index < -0.39 is 0 Å². The highest BCUT2D eigenvalue weighted by molar-refractivity contribution is 5.99. The Kier molecular flexibility index (Phi) is 3.17. The van der Waals surface area contributed by atoms with Gasteiger partial charge in [-0.25, -0.2) is 4.39 Å². The van der Waals surface area contributed by atoms with Gasteiger partial charge in [0.05, 0.1) is 5.71 Å². The maximum absolute atomic E-state index is 13.2. The number of nitrogens with zero attached hydrogens (tertiary/aromatic N) is 2. The summed E-state index contributed by atoms with van der Waals surface area (Å²) in [5.41, 5.74) is 11.0. The topological polar surface area (TPSA) is 76.8 Å². The first kappa shape index (κ1) is 10.2. The molecule has 1 aromatic rings. The molecule has 74 valence electrons. The Morgan fingerprint density at radius 1 is 1.21 bits per heavy atom. The molecule has 0 fully saturated rings. The second-order valence-electron chi connectivity index (χ2n) is 2.69. The molecule has 0 spiro atoms. The summed E-state index contributed by atoms with van der Waals surface area (Å²) in [6, 6.07) is 6.28. The van der Waals surface area contributed by atoms with Crippen LogP contribution in [0.4, 0.5) is 4.39 Å². The van der Waals surface area contributed by atoms with E-state index in [4.69, 9.17) is 11.5 Å². The summed E-state index contributed by atoms with van der Waals surface area (Å²) in [6.45, 7) is 1.63. The average molecular weight is 194 g/mol. The van der Waals surface area contributed by atoms with E-state index in [1.807, 2.05) is 0 Å². The van der Waals surface area contributed by atoms with Crippen LogP contribution in [0.15, 0.2) is 34.5 Å². The van der Waals surface area contributed by atoms with Gasteiger partial charge in [-0.3, -0.25) is 0 Å². The molecule has 0 aliphatic carbocycles. The highest BCUT2D eigenvalue weighted by Crippen LogP contribution is 2.07. The zero-order valence-electron chi connectivity index (χ0n) is 7.74. The van der Waals surface area contributed by atoms with Crippen molar-refractivity contribution in [1.29, 1.82) is 0 Å². The van der Waals surface area contributed by atoms with Crippen molar-refractivity contribution < 1.29 is 4.39 Å². The van der Waals surface area contributed by atoms with Crippen LogP contribution < -0.4 is 11.5 Å². The van der Waals surface area contributed by atoms with Crippen LogP contribution >= 0.6 is 0 Å². The normalized spacial score (nSPS) is 11.1. The van der Waals surface area contributed by atoms with Crippen molar-refractivity contribution in [3.05, 3.63) is 35.6 Å². The van der Waals surface area contributed by atoms with E-state index in [2.05, 4.69) is 10.2 Å². The van der Waals surface area contributed by atoms with Crippen molar-refractivity contribution in [3.63, 3.8) is 0 Å². The Morgan fingerprint density at radius 3 is 2.43 bits per heavy atom. The number of hydrogen-bond donors (Lipinski definition) is 2. The lowest BCUT2D eigenvalue weighted by atomic mass is 10.1. The van der Waals surface area contributed by atoms with Crippen molar-refractivity contribution in [2.75, 3.05) is 0 Å². The van der Waals surface area contributed by atoms with Crippen LogP contribution in [0.2, 0.25) is 0 Å². The third kappa shape index (κ3) is 2.55. The molecule has 0 aliphatic heterocycles. The van der Waals surface area contributed by atoms with Crippen LogP contribution in [0.3, 0.4) is 0 Å². The molecule has 4 nitrogen and oxygen atoms in total. The lowest BCUT2D eigenvalue weighted by molar-refractivity contribution is 0.625. The van der Waals surface area contributed by atoms with Gasteiger partial charge in [-0.2, -0.15) is 5.10 Å². The molecular weight excluding hydrogens is 183 g/mol. The number of hydrogen-bond acceptors (Lipinski definition) is 2. The average Bonchev–Trinajstić information content (AvgIpc) is 2.15. The lowest BCUT2D eigenvalue weighted by Gasteiger charge is -1.99. The molecule has 0 saturated carbocycles. The van der Waals surface area contributed by atoms with Crippen molar-refractivity contribution >= 4 is 11.7 Å². The second kappa shape index (κ2) is 4.36. The summed E-state index contributed by atoms with van der Waals surface area (Å²) in [7, 11) is 0. The second-order valence-corrected chi connectivity index (χ2v) is 2.69. The summed E-state index contributed by atoms with van der Waals surface area (Å²) in [5, 5.41) is 7.10. The third-order valence-corrected chi connectivity index (χ3v) is 1.58. The maximum atomic E-state index is 13.2. The van der Waals surface area contributed by atoms with Crippen molar-refractivity contribution in [2.45, 2.75) is 6.92 Å². The van der Waals surface area contributed by atoms with Gasteiger partial charge >= 0.3 is 0 Å². The molecule has 0 saturated heterocycles. The molecule has 0 heterocycles. The van der Waals surface area contributed by atoms with E-state index >= 15 is 0 Å². The molecule has 0 radical (unpaired) electrons. The fraction of sp³-hybridized carbons (Fsp3) is 0.111. The van der Waals surface area contributed by atoms with Gasteiger partial charge < -0.3 is 11.5 Å². The fourth-order valence-corrected chi connectivity index (χ4v) is 0.941. The Bertz CT molecular complexity index is 380. The molecule has 1 aromatic carbocycles. The van der Waals surface area contributed by atoms with Crippen molar-refractivity contribution in [2.24, 2.45) is 21.7 Å². The summed E-state index contributed by atoms with van der Waals surface area (Å²) >= 11 is 0. The van der Waals surface area contributed by atoms with Gasteiger partial charge in [0, 0.05) is 5.56 Å². The molecule has 0 unspecified atom stereocenters. The molecular formula is C9H11FN4. The van der Waals surface area contributed by atoms with Gasteiger partial charge in [-0.1, -0.05) is 18.2 Å². The van der Waals surface area contributed by atoms with Gasteiger partial charge in [0.15, 0.2) is 0 Å². The predicted octanol–water partition coefficient (Wildman–Crippen LogP) is 0.823. The van der Waals surface area contributed by atoms with E-state index in [1.54, 1.807) is 25.1 Å². The number of rotatable bonds is 2. The van der Waals surface area contributed by atoms with Crippen molar-refractivity contribution in [3.8, 4) is 0 Å². The predicted molar refractivity (Wildman–Crippen MR) is 54.4 cm³/mol. The van der Waals surface area contributed by atoms with Crippen LogP contribution in [0, 0.1) is 5.82 Å². The summed E-state index contributed by atoms with van der Waals surface area (Å²) in [6.07, 6.45) is 0. The molecule has 1 rings (SSSR count). The standard InChI is InChI=1S/C9H11FN4/c1-6(13-14-9(11)12)7-4-2-3-5-8(7)10/h2-5H,1H3,(H4,11,12,14). The molecule has 14 heavy (non-hydrogen) atoms. The number of benzene rings is 1. The lowest BCUT2D eigenvalue weighted by Crippen LogP contribution is -2.22. The van der Waals surface area contributed by atoms with E-state index in [1.165, 1.54) is 6.07 Å². The largest absolute Gasteiger partial charge is 0.369 e. The number of nitrogens with two attached hydrogens (primary N) is 2. The van der Waals surface area contributed by atoms with Gasteiger partial charge in [-0.15, -0.1) is 5.10 Å². The Balaban J connectivity index is 3.01. The van der Waals surface area contributed by atoms with E-state index in [0.717, 1.165) is 0 Å². The Hall–Kier alpha value is -1.91. The summed E-state index contributed by atoms with van der Waals surface area (Å²) in [5.74, 6) is -0.500.